The number of rotatable bonds is 14. The van der Waals surface area contributed by atoms with Gasteiger partial charge in [0.25, 0.3) is 0 Å². The molecule has 39 heavy (non-hydrogen) atoms. The van der Waals surface area contributed by atoms with Crippen LogP contribution in [-0.4, -0.2) is 69.6 Å². The third-order valence-electron chi connectivity index (χ3n) is 6.26. The van der Waals surface area contributed by atoms with Crippen LogP contribution < -0.4 is 4.89 Å². The molecule has 0 saturated carbocycles. The first-order chi connectivity index (χ1) is 17.2. The summed E-state index contributed by atoms with van der Waals surface area (Å²) in [6, 6.07) is 8.78. The number of phenolic OH excluding ortho intramolecular Hbond substituents is 2. The number of nitrogens with zero attached hydrogens (tertiary/aromatic N) is 2. The van der Waals surface area contributed by atoms with E-state index in [4.69, 9.17) is 0 Å². The fourth-order valence-corrected chi connectivity index (χ4v) is 5.75. The summed E-state index contributed by atoms with van der Waals surface area (Å²) >= 11 is 0. The SMILES string of the molecule is C.CC[C@@H](N(CCN(Cc1ccc(CO)cc1O)C(C)P(=O)([O-])O)Cc1cc(CO)ccc1O)P(=O)(O)O.[Fe]. The maximum atomic E-state index is 12.3. The van der Waals surface area contributed by atoms with Gasteiger partial charge in [-0.25, -0.2) is 0 Å². The average Bonchev–Trinajstić information content (AvgIpc) is 2.82. The van der Waals surface area contributed by atoms with Crippen LogP contribution in [0.2, 0.25) is 0 Å². The number of hydrogen-bond donors (Lipinski definition) is 7. The molecule has 7 N–H and O–H groups in total. The van der Waals surface area contributed by atoms with Crippen LogP contribution in [0.5, 0.6) is 11.5 Å². The van der Waals surface area contributed by atoms with Gasteiger partial charge in [0.05, 0.1) is 19.0 Å². The molecule has 15 heteroatoms. The Morgan fingerprint density at radius 3 is 1.85 bits per heavy atom. The van der Waals surface area contributed by atoms with Crippen molar-refractivity contribution in [3.63, 3.8) is 0 Å². The molecule has 0 spiro atoms. The Labute approximate surface area is 239 Å². The molecule has 3 atom stereocenters. The molecule has 0 amide bonds. The molecule has 2 unspecified atom stereocenters. The van der Waals surface area contributed by atoms with Gasteiger partial charge in [0.1, 0.15) is 24.9 Å². The van der Waals surface area contributed by atoms with E-state index in [9.17, 15) is 49.1 Å². The molecule has 0 aromatic heterocycles. The van der Waals surface area contributed by atoms with Gasteiger partial charge in [0.15, 0.2) is 0 Å². The van der Waals surface area contributed by atoms with Crippen LogP contribution in [0.15, 0.2) is 36.4 Å². The van der Waals surface area contributed by atoms with Gasteiger partial charge in [0.2, 0.25) is 0 Å². The average molecular weight is 633 g/mol. The Morgan fingerprint density at radius 1 is 0.846 bits per heavy atom. The minimum atomic E-state index is -4.87. The first-order valence-electron chi connectivity index (χ1n) is 11.6. The molecule has 2 aromatic rings. The molecule has 2 rings (SSSR count). The zero-order valence-electron chi connectivity index (χ0n) is 21.1. The predicted octanol–water partition coefficient (Wildman–Crippen LogP) is 1.83. The van der Waals surface area contributed by atoms with Gasteiger partial charge in [-0.3, -0.25) is 14.4 Å². The van der Waals surface area contributed by atoms with Gasteiger partial charge >= 0.3 is 7.60 Å². The molecule has 224 valence electrons. The predicted molar refractivity (Wildman–Crippen MR) is 141 cm³/mol. The van der Waals surface area contributed by atoms with Crippen LogP contribution in [0, 0.1) is 0 Å². The van der Waals surface area contributed by atoms with E-state index < -0.39 is 26.8 Å². The molecule has 0 aliphatic heterocycles. The van der Waals surface area contributed by atoms with Gasteiger partial charge in [-0.15, -0.1) is 0 Å². The first-order valence-corrected chi connectivity index (χ1v) is 14.9. The van der Waals surface area contributed by atoms with Crippen LogP contribution in [0.25, 0.3) is 0 Å². The molecule has 0 heterocycles. The van der Waals surface area contributed by atoms with Gasteiger partial charge in [-0.05, 0) is 42.7 Å². The summed E-state index contributed by atoms with van der Waals surface area (Å²) in [6.07, 6.45) is 0.0454. The number of aliphatic hydroxyl groups is 2. The summed E-state index contributed by atoms with van der Waals surface area (Å²) in [4.78, 5) is 44.5. The van der Waals surface area contributed by atoms with Crippen molar-refractivity contribution >= 4 is 15.2 Å². The summed E-state index contributed by atoms with van der Waals surface area (Å²) < 4.78 is 24.3. The minimum absolute atomic E-state index is 0. The molecule has 0 fully saturated rings. The van der Waals surface area contributed by atoms with Crippen LogP contribution in [0.4, 0.5) is 0 Å². The van der Waals surface area contributed by atoms with Gasteiger partial charge < -0.3 is 44.6 Å². The quantitative estimate of drug-likeness (QED) is 0.118. The Bertz CT molecular complexity index is 1140. The summed E-state index contributed by atoms with van der Waals surface area (Å²) in [6.45, 7) is 1.82. The van der Waals surface area contributed by atoms with Gasteiger partial charge in [-0.1, -0.05) is 32.5 Å². The maximum absolute atomic E-state index is 12.3. The van der Waals surface area contributed by atoms with E-state index >= 15 is 0 Å². The fourth-order valence-electron chi connectivity index (χ4n) is 4.05. The Hall–Kier alpha value is -1.30. The van der Waals surface area contributed by atoms with Crippen molar-refractivity contribution in [2.75, 3.05) is 13.1 Å². The fraction of sp³-hybridized carbons (Fsp3) is 0.500. The number of hydrogen-bond acceptors (Lipinski definition) is 9. The largest absolute Gasteiger partial charge is 0.778 e. The third kappa shape index (κ3) is 10.9. The second-order valence-corrected chi connectivity index (χ2v) is 12.5. The number of aromatic hydroxyl groups is 2. The standard InChI is InChI=1S/C23H36N2O10P2.CH4.Fe/c1-3-23(37(33,34)35)25(13-20-10-17(14-26)5-7-21(20)28)9-8-24(16(2)36(30,31)32)12-19-6-4-18(15-27)11-22(19)29;;/h4-7,10-11,16,23,26-29H,3,8-9,12-15H2,1-2H3,(H2,30,31,32)(H2,33,34,35);1H4;/p-1/t16?,23-;;/m0../s1. The van der Waals surface area contributed by atoms with Crippen LogP contribution >= 0.6 is 15.2 Å². The van der Waals surface area contributed by atoms with Crippen molar-refractivity contribution in [1.82, 2.24) is 9.80 Å². The Kier molecular flexibility index (Phi) is 15.7. The second-order valence-electron chi connectivity index (χ2n) is 8.86. The van der Waals surface area contributed by atoms with E-state index in [0.29, 0.717) is 22.3 Å². The maximum Gasteiger partial charge on any atom is 0.342 e. The van der Waals surface area contributed by atoms with Crippen molar-refractivity contribution in [2.24, 2.45) is 0 Å². The Morgan fingerprint density at radius 2 is 1.36 bits per heavy atom. The van der Waals surface area contributed by atoms with E-state index in [-0.39, 0.29) is 81.8 Å². The molecule has 0 aliphatic rings. The van der Waals surface area contributed by atoms with E-state index in [1.165, 1.54) is 47.1 Å². The number of aliphatic hydroxyl groups excluding tert-OH is 2. The van der Waals surface area contributed by atoms with Crippen molar-refractivity contribution in [3.8, 4) is 11.5 Å². The number of phenols is 2. The summed E-state index contributed by atoms with van der Waals surface area (Å²) in [7, 11) is -9.53. The smallest absolute Gasteiger partial charge is 0.342 e. The molecule has 0 aliphatic carbocycles. The second kappa shape index (κ2) is 16.2. The van der Waals surface area contributed by atoms with Crippen molar-refractivity contribution in [2.45, 2.75) is 65.6 Å². The van der Waals surface area contributed by atoms with Crippen LogP contribution in [0.1, 0.15) is 49.9 Å². The Balaban J connectivity index is 0.00000722. The summed E-state index contributed by atoms with van der Waals surface area (Å²) in [5.41, 5.74) is 1.56. The van der Waals surface area contributed by atoms with Crippen molar-refractivity contribution < 1.29 is 66.2 Å². The van der Waals surface area contributed by atoms with Gasteiger partial charge in [0, 0.05) is 54.4 Å². The molecular weight excluding hydrogens is 594 g/mol. The van der Waals surface area contributed by atoms with Crippen LogP contribution in [-0.2, 0) is 52.5 Å². The zero-order chi connectivity index (χ0) is 28.0. The van der Waals surface area contributed by atoms with E-state index in [1.54, 1.807) is 13.0 Å². The summed E-state index contributed by atoms with van der Waals surface area (Å²) in [5.74, 6) is -2.98. The summed E-state index contributed by atoms with van der Waals surface area (Å²) in [5, 5.41) is 39.3. The number of benzene rings is 2. The molecule has 12 nitrogen and oxygen atoms in total. The normalized spacial score (nSPS) is 14.8. The van der Waals surface area contributed by atoms with Crippen molar-refractivity contribution in [3.05, 3.63) is 58.7 Å². The van der Waals surface area contributed by atoms with Gasteiger partial charge in [-0.2, -0.15) is 0 Å². The van der Waals surface area contributed by atoms with E-state index in [2.05, 4.69) is 0 Å². The molecular formula is C24H39FeN2O10P2-. The zero-order valence-corrected chi connectivity index (χ0v) is 24.0. The van der Waals surface area contributed by atoms with E-state index in [0.717, 1.165) is 0 Å². The van der Waals surface area contributed by atoms with Crippen molar-refractivity contribution in [1.29, 1.82) is 0 Å². The van der Waals surface area contributed by atoms with Crippen LogP contribution in [0.3, 0.4) is 0 Å². The third-order valence-corrected chi connectivity index (χ3v) is 8.99. The molecule has 0 bridgehead atoms. The minimum Gasteiger partial charge on any atom is -0.778 e. The first kappa shape index (κ1) is 37.7. The monoisotopic (exact) mass is 633 g/mol. The van der Waals surface area contributed by atoms with E-state index in [1.807, 2.05) is 0 Å². The topological polar surface area (TPSA) is 205 Å². The molecule has 0 saturated heterocycles. The molecule has 2 aromatic carbocycles. The molecule has 0 radical (unpaired) electrons.